The van der Waals surface area contributed by atoms with Gasteiger partial charge in [-0.05, 0) is 18.6 Å². The van der Waals surface area contributed by atoms with Crippen molar-refractivity contribution in [1.29, 1.82) is 0 Å². The molecule has 1 aromatic heterocycles. The molecule has 1 heterocycles. The van der Waals surface area contributed by atoms with Crippen molar-refractivity contribution >= 4 is 0 Å². The minimum absolute atomic E-state index is 0.124. The van der Waals surface area contributed by atoms with Crippen LogP contribution in [-0.2, 0) is 6.54 Å². The number of aliphatic hydroxyl groups excluding tert-OH is 1. The lowest BCUT2D eigenvalue weighted by Gasteiger charge is -2.11. The van der Waals surface area contributed by atoms with E-state index in [1.165, 1.54) is 0 Å². The molecule has 19 heavy (non-hydrogen) atoms. The standard InChI is InChI=1S/C13H17N3O3/c1-18-10-4-5-11(13(8-10)19-2)12-9-14-15-16(12)6-3-7-17/h4-5,8-9,17H,3,6-7H2,1-2H3. The first kappa shape index (κ1) is 13.4. The molecule has 0 aliphatic rings. The largest absolute Gasteiger partial charge is 0.497 e. The zero-order chi connectivity index (χ0) is 13.7. The Balaban J connectivity index is 2.38. The second kappa shape index (κ2) is 6.19. The van der Waals surface area contributed by atoms with E-state index in [2.05, 4.69) is 10.3 Å². The molecule has 0 atom stereocenters. The second-order valence-corrected chi connectivity index (χ2v) is 3.99. The molecule has 0 aliphatic carbocycles. The number of nitrogens with zero attached hydrogens (tertiary/aromatic N) is 3. The van der Waals surface area contributed by atoms with Crippen molar-refractivity contribution in [3.8, 4) is 22.8 Å². The molecule has 0 saturated carbocycles. The average molecular weight is 263 g/mol. The van der Waals surface area contributed by atoms with E-state index in [0.717, 1.165) is 17.0 Å². The van der Waals surface area contributed by atoms with Crippen LogP contribution in [0.25, 0.3) is 11.3 Å². The number of hydrogen-bond donors (Lipinski definition) is 1. The zero-order valence-electron chi connectivity index (χ0n) is 11.0. The summed E-state index contributed by atoms with van der Waals surface area (Å²) < 4.78 is 12.3. The summed E-state index contributed by atoms with van der Waals surface area (Å²) in [7, 11) is 3.22. The number of aryl methyl sites for hydroxylation is 1. The Morgan fingerprint density at radius 3 is 2.79 bits per heavy atom. The molecule has 0 saturated heterocycles. The molecular weight excluding hydrogens is 246 g/mol. The molecule has 6 nitrogen and oxygen atoms in total. The number of hydrogen-bond acceptors (Lipinski definition) is 5. The Labute approximate surface area is 111 Å². The quantitative estimate of drug-likeness (QED) is 0.851. The number of ether oxygens (including phenoxy) is 2. The van der Waals surface area contributed by atoms with Crippen LogP contribution in [0.15, 0.2) is 24.4 Å². The zero-order valence-corrected chi connectivity index (χ0v) is 11.0. The average Bonchev–Trinajstić information content (AvgIpc) is 2.92. The normalized spacial score (nSPS) is 10.5. The summed E-state index contributed by atoms with van der Waals surface area (Å²) in [6.45, 7) is 0.736. The van der Waals surface area contributed by atoms with Crippen LogP contribution in [-0.4, -0.2) is 40.9 Å². The maximum Gasteiger partial charge on any atom is 0.131 e. The summed E-state index contributed by atoms with van der Waals surface area (Å²) in [5.74, 6) is 1.43. The van der Waals surface area contributed by atoms with Gasteiger partial charge in [-0.15, -0.1) is 5.10 Å². The van der Waals surface area contributed by atoms with Gasteiger partial charge in [-0.2, -0.15) is 0 Å². The van der Waals surface area contributed by atoms with Gasteiger partial charge in [0.15, 0.2) is 0 Å². The van der Waals surface area contributed by atoms with Crippen molar-refractivity contribution in [2.24, 2.45) is 0 Å². The molecule has 1 N–H and O–H groups in total. The molecule has 0 amide bonds. The first-order valence-electron chi connectivity index (χ1n) is 6.02. The number of benzene rings is 1. The van der Waals surface area contributed by atoms with Crippen molar-refractivity contribution in [1.82, 2.24) is 15.0 Å². The van der Waals surface area contributed by atoms with Crippen LogP contribution in [0.3, 0.4) is 0 Å². The number of aromatic nitrogens is 3. The summed E-state index contributed by atoms with van der Waals surface area (Å²) in [5, 5.41) is 16.8. The van der Waals surface area contributed by atoms with Crippen LogP contribution in [0.1, 0.15) is 6.42 Å². The van der Waals surface area contributed by atoms with E-state index in [-0.39, 0.29) is 6.61 Å². The first-order valence-corrected chi connectivity index (χ1v) is 6.02. The molecule has 0 aliphatic heterocycles. The fourth-order valence-corrected chi connectivity index (χ4v) is 1.86. The summed E-state index contributed by atoms with van der Waals surface area (Å²) in [5.41, 5.74) is 1.75. The lowest BCUT2D eigenvalue weighted by atomic mass is 10.1. The third kappa shape index (κ3) is 2.85. The maximum atomic E-state index is 8.89. The lowest BCUT2D eigenvalue weighted by molar-refractivity contribution is 0.276. The topological polar surface area (TPSA) is 69.4 Å². The minimum atomic E-state index is 0.124. The van der Waals surface area contributed by atoms with E-state index < -0.39 is 0 Å². The second-order valence-electron chi connectivity index (χ2n) is 3.99. The maximum absolute atomic E-state index is 8.89. The third-order valence-electron chi connectivity index (χ3n) is 2.83. The highest BCUT2D eigenvalue weighted by Crippen LogP contribution is 2.32. The summed E-state index contributed by atoms with van der Waals surface area (Å²) in [6, 6.07) is 5.59. The van der Waals surface area contributed by atoms with E-state index >= 15 is 0 Å². The predicted octanol–water partition coefficient (Wildman–Crippen LogP) is 1.34. The monoisotopic (exact) mass is 263 g/mol. The number of aliphatic hydroxyl groups is 1. The van der Waals surface area contributed by atoms with Gasteiger partial charge in [0.05, 0.1) is 26.1 Å². The smallest absolute Gasteiger partial charge is 0.131 e. The highest BCUT2D eigenvalue weighted by Gasteiger charge is 2.12. The van der Waals surface area contributed by atoms with Crippen LogP contribution >= 0.6 is 0 Å². The highest BCUT2D eigenvalue weighted by atomic mass is 16.5. The van der Waals surface area contributed by atoms with Gasteiger partial charge in [-0.3, -0.25) is 0 Å². The van der Waals surface area contributed by atoms with Crippen LogP contribution in [0.5, 0.6) is 11.5 Å². The number of rotatable bonds is 6. The van der Waals surface area contributed by atoms with E-state index in [4.69, 9.17) is 14.6 Å². The van der Waals surface area contributed by atoms with Crippen molar-refractivity contribution < 1.29 is 14.6 Å². The summed E-state index contributed by atoms with van der Waals surface area (Å²) in [6.07, 6.45) is 2.32. The fraction of sp³-hybridized carbons (Fsp3) is 0.385. The van der Waals surface area contributed by atoms with Crippen molar-refractivity contribution in [2.45, 2.75) is 13.0 Å². The van der Waals surface area contributed by atoms with Gasteiger partial charge >= 0.3 is 0 Å². The Morgan fingerprint density at radius 1 is 1.26 bits per heavy atom. The Kier molecular flexibility index (Phi) is 4.35. The molecular formula is C13H17N3O3. The van der Waals surface area contributed by atoms with Gasteiger partial charge in [-0.25, -0.2) is 4.68 Å². The van der Waals surface area contributed by atoms with E-state index in [9.17, 15) is 0 Å². The van der Waals surface area contributed by atoms with Gasteiger partial charge in [0.25, 0.3) is 0 Å². The van der Waals surface area contributed by atoms with Crippen LogP contribution in [0, 0.1) is 0 Å². The van der Waals surface area contributed by atoms with Gasteiger partial charge in [-0.1, -0.05) is 5.21 Å². The van der Waals surface area contributed by atoms with Crippen LogP contribution in [0.4, 0.5) is 0 Å². The minimum Gasteiger partial charge on any atom is -0.497 e. The summed E-state index contributed by atoms with van der Waals surface area (Å²) >= 11 is 0. The number of methoxy groups -OCH3 is 2. The molecule has 0 spiro atoms. The molecule has 1 aromatic carbocycles. The molecule has 0 bridgehead atoms. The highest BCUT2D eigenvalue weighted by molar-refractivity contribution is 5.68. The molecule has 0 unspecified atom stereocenters. The van der Waals surface area contributed by atoms with Gasteiger partial charge < -0.3 is 14.6 Å². The van der Waals surface area contributed by atoms with Crippen LogP contribution in [0.2, 0.25) is 0 Å². The molecule has 102 valence electrons. The molecule has 0 radical (unpaired) electrons. The van der Waals surface area contributed by atoms with Crippen molar-refractivity contribution in [2.75, 3.05) is 20.8 Å². The molecule has 2 aromatic rings. The SMILES string of the molecule is COc1ccc(-c2cnnn2CCCO)c(OC)c1. The van der Waals surface area contributed by atoms with Crippen molar-refractivity contribution in [3.63, 3.8) is 0 Å². The third-order valence-corrected chi connectivity index (χ3v) is 2.83. The van der Waals surface area contributed by atoms with Gasteiger partial charge in [0, 0.05) is 24.8 Å². The predicted molar refractivity (Wildman–Crippen MR) is 70.3 cm³/mol. The molecule has 2 rings (SSSR count). The fourth-order valence-electron chi connectivity index (χ4n) is 1.86. The van der Waals surface area contributed by atoms with E-state index in [1.807, 2.05) is 18.2 Å². The van der Waals surface area contributed by atoms with Crippen LogP contribution < -0.4 is 9.47 Å². The Bertz CT molecular complexity index is 540. The van der Waals surface area contributed by atoms with Gasteiger partial charge in [0.2, 0.25) is 0 Å². The molecule has 6 heteroatoms. The first-order chi connectivity index (χ1) is 9.30. The molecule has 0 fully saturated rings. The van der Waals surface area contributed by atoms with E-state index in [0.29, 0.717) is 18.7 Å². The lowest BCUT2D eigenvalue weighted by Crippen LogP contribution is -2.05. The van der Waals surface area contributed by atoms with Crippen molar-refractivity contribution in [3.05, 3.63) is 24.4 Å². The Morgan fingerprint density at radius 2 is 2.11 bits per heavy atom. The Hall–Kier alpha value is -2.08. The summed E-state index contributed by atoms with van der Waals surface area (Å²) in [4.78, 5) is 0. The van der Waals surface area contributed by atoms with E-state index in [1.54, 1.807) is 25.1 Å². The van der Waals surface area contributed by atoms with Gasteiger partial charge in [0.1, 0.15) is 11.5 Å².